The summed E-state index contributed by atoms with van der Waals surface area (Å²) in [6, 6.07) is 14.1. The summed E-state index contributed by atoms with van der Waals surface area (Å²) in [5.74, 6) is -0.858. The van der Waals surface area contributed by atoms with Crippen molar-refractivity contribution in [2.24, 2.45) is 0 Å². The van der Waals surface area contributed by atoms with E-state index in [1.54, 1.807) is 18.2 Å². The van der Waals surface area contributed by atoms with Gasteiger partial charge >= 0.3 is 5.97 Å². The molecule has 5 heteroatoms. The smallest absolute Gasteiger partial charge is 0.335 e. The second-order valence-electron chi connectivity index (χ2n) is 4.54. The summed E-state index contributed by atoms with van der Waals surface area (Å²) in [4.78, 5) is 23.5. The molecule has 0 spiro atoms. The normalized spacial score (nSPS) is 10.1. The third kappa shape index (κ3) is 4.65. The van der Waals surface area contributed by atoms with Gasteiger partial charge in [-0.3, -0.25) is 4.79 Å². The van der Waals surface area contributed by atoms with Gasteiger partial charge in [-0.2, -0.15) is 0 Å². The van der Waals surface area contributed by atoms with E-state index < -0.39 is 5.97 Å². The van der Waals surface area contributed by atoms with Crippen LogP contribution in [0.5, 0.6) is 0 Å². The zero-order valence-electron chi connectivity index (χ0n) is 11.5. The first-order chi connectivity index (χ1) is 10.0. The number of rotatable bonds is 5. The quantitative estimate of drug-likeness (QED) is 0.830. The molecule has 2 aromatic carbocycles. The van der Waals surface area contributed by atoms with Crippen LogP contribution in [0.15, 0.2) is 53.4 Å². The standard InChI is InChI=1S/C16H15NO3S/c1-11-5-7-13(8-6-11)17-15(18)10-21-14-4-2-3-12(9-14)16(19)20/h2-9H,10H2,1H3,(H,17,18)(H,19,20). The van der Waals surface area contributed by atoms with Crippen molar-refractivity contribution in [1.82, 2.24) is 0 Å². The maximum Gasteiger partial charge on any atom is 0.335 e. The molecule has 0 aliphatic rings. The Bertz CT molecular complexity index is 653. The van der Waals surface area contributed by atoms with E-state index in [0.717, 1.165) is 16.1 Å². The number of nitrogens with one attached hydrogen (secondary N) is 1. The summed E-state index contributed by atoms with van der Waals surface area (Å²) in [7, 11) is 0. The predicted octanol–water partition coefficient (Wildman–Crippen LogP) is 3.42. The number of aryl methyl sites for hydroxylation is 1. The molecule has 2 aromatic rings. The van der Waals surface area contributed by atoms with Crippen LogP contribution < -0.4 is 5.32 Å². The largest absolute Gasteiger partial charge is 0.478 e. The van der Waals surface area contributed by atoms with Gasteiger partial charge in [0.15, 0.2) is 0 Å². The van der Waals surface area contributed by atoms with Gasteiger partial charge < -0.3 is 10.4 Å². The van der Waals surface area contributed by atoms with Crippen LogP contribution in [0.2, 0.25) is 0 Å². The van der Waals surface area contributed by atoms with E-state index >= 15 is 0 Å². The third-order valence-corrected chi connectivity index (χ3v) is 3.78. The molecule has 0 aromatic heterocycles. The molecular weight excluding hydrogens is 286 g/mol. The number of aromatic carboxylic acids is 1. The van der Waals surface area contributed by atoms with Crippen LogP contribution in [0.3, 0.4) is 0 Å². The Morgan fingerprint density at radius 3 is 2.52 bits per heavy atom. The first-order valence-corrected chi connectivity index (χ1v) is 7.36. The number of carboxylic acids is 1. The molecule has 0 saturated carbocycles. The lowest BCUT2D eigenvalue weighted by Crippen LogP contribution is -2.13. The molecule has 2 N–H and O–H groups in total. The van der Waals surface area contributed by atoms with E-state index in [4.69, 9.17) is 5.11 Å². The second kappa shape index (κ2) is 6.95. The van der Waals surface area contributed by atoms with E-state index in [1.165, 1.54) is 17.8 Å². The van der Waals surface area contributed by atoms with Crippen molar-refractivity contribution >= 4 is 29.3 Å². The van der Waals surface area contributed by atoms with Crippen molar-refractivity contribution in [2.45, 2.75) is 11.8 Å². The molecule has 108 valence electrons. The van der Waals surface area contributed by atoms with E-state index in [2.05, 4.69) is 5.32 Å². The van der Waals surface area contributed by atoms with E-state index in [9.17, 15) is 9.59 Å². The van der Waals surface area contributed by atoms with Gasteiger partial charge in [-0.1, -0.05) is 23.8 Å². The van der Waals surface area contributed by atoms with Crippen molar-refractivity contribution in [2.75, 3.05) is 11.1 Å². The monoisotopic (exact) mass is 301 g/mol. The Hall–Kier alpha value is -2.27. The highest BCUT2D eigenvalue weighted by molar-refractivity contribution is 8.00. The fourth-order valence-corrected chi connectivity index (χ4v) is 2.46. The lowest BCUT2D eigenvalue weighted by Gasteiger charge is -2.06. The maximum atomic E-state index is 11.8. The average molecular weight is 301 g/mol. The lowest BCUT2D eigenvalue weighted by molar-refractivity contribution is -0.113. The molecule has 4 nitrogen and oxygen atoms in total. The van der Waals surface area contributed by atoms with Gasteiger partial charge in [0.05, 0.1) is 11.3 Å². The average Bonchev–Trinajstić information content (AvgIpc) is 2.48. The Morgan fingerprint density at radius 1 is 1.14 bits per heavy atom. The molecule has 1 amide bonds. The Morgan fingerprint density at radius 2 is 1.86 bits per heavy atom. The number of carboxylic acid groups (broad SMARTS) is 1. The van der Waals surface area contributed by atoms with Gasteiger partial charge in [0.2, 0.25) is 5.91 Å². The molecule has 0 saturated heterocycles. The third-order valence-electron chi connectivity index (χ3n) is 2.79. The van der Waals surface area contributed by atoms with Crippen molar-refractivity contribution in [1.29, 1.82) is 0 Å². The Balaban J connectivity index is 1.90. The summed E-state index contributed by atoms with van der Waals surface area (Å²) in [6.07, 6.45) is 0. The van der Waals surface area contributed by atoms with Crippen molar-refractivity contribution in [3.05, 3.63) is 59.7 Å². The van der Waals surface area contributed by atoms with Crippen molar-refractivity contribution in [3.8, 4) is 0 Å². The Kier molecular flexibility index (Phi) is 5.00. The van der Waals surface area contributed by atoms with Gasteiger partial charge in [-0.25, -0.2) is 4.79 Å². The topological polar surface area (TPSA) is 66.4 Å². The van der Waals surface area contributed by atoms with Crippen LogP contribution in [0, 0.1) is 6.92 Å². The second-order valence-corrected chi connectivity index (χ2v) is 5.58. The number of thioether (sulfide) groups is 1. The van der Waals surface area contributed by atoms with Crippen LogP contribution in [-0.4, -0.2) is 22.7 Å². The van der Waals surface area contributed by atoms with Gasteiger partial charge in [0.25, 0.3) is 0 Å². The summed E-state index contributed by atoms with van der Waals surface area (Å²) >= 11 is 1.31. The number of hydrogen-bond donors (Lipinski definition) is 2. The summed E-state index contributed by atoms with van der Waals surface area (Å²) in [6.45, 7) is 1.98. The number of amides is 1. The molecule has 0 fully saturated rings. The lowest BCUT2D eigenvalue weighted by atomic mass is 10.2. The fourth-order valence-electron chi connectivity index (χ4n) is 1.70. The van der Waals surface area contributed by atoms with Crippen molar-refractivity contribution < 1.29 is 14.7 Å². The molecule has 0 aliphatic carbocycles. The number of hydrogen-bond acceptors (Lipinski definition) is 3. The minimum atomic E-state index is -0.971. The van der Waals surface area contributed by atoms with Gasteiger partial charge in [-0.05, 0) is 37.3 Å². The van der Waals surface area contributed by atoms with Crippen LogP contribution in [0.4, 0.5) is 5.69 Å². The van der Waals surface area contributed by atoms with Gasteiger partial charge in [0.1, 0.15) is 0 Å². The predicted molar refractivity (Wildman–Crippen MR) is 83.9 cm³/mol. The minimum Gasteiger partial charge on any atom is -0.478 e. The zero-order chi connectivity index (χ0) is 15.2. The van der Waals surface area contributed by atoms with Gasteiger partial charge in [-0.15, -0.1) is 11.8 Å². The van der Waals surface area contributed by atoms with E-state index in [1.807, 2.05) is 31.2 Å². The molecule has 0 bridgehead atoms. The first kappa shape index (κ1) is 15.1. The maximum absolute atomic E-state index is 11.8. The fraction of sp³-hybridized carbons (Fsp3) is 0.125. The van der Waals surface area contributed by atoms with Crippen LogP contribution >= 0.6 is 11.8 Å². The molecular formula is C16H15NO3S. The molecule has 0 atom stereocenters. The highest BCUT2D eigenvalue weighted by atomic mass is 32.2. The molecule has 0 heterocycles. The van der Waals surface area contributed by atoms with Gasteiger partial charge in [0, 0.05) is 10.6 Å². The van der Waals surface area contributed by atoms with Crippen LogP contribution in [0.1, 0.15) is 15.9 Å². The van der Waals surface area contributed by atoms with E-state index in [-0.39, 0.29) is 17.2 Å². The summed E-state index contributed by atoms with van der Waals surface area (Å²) in [5.41, 5.74) is 2.11. The highest BCUT2D eigenvalue weighted by Gasteiger charge is 2.06. The first-order valence-electron chi connectivity index (χ1n) is 6.37. The number of anilines is 1. The van der Waals surface area contributed by atoms with Crippen LogP contribution in [-0.2, 0) is 4.79 Å². The number of benzene rings is 2. The number of carbonyl (C=O) groups is 2. The van der Waals surface area contributed by atoms with E-state index in [0.29, 0.717) is 0 Å². The zero-order valence-corrected chi connectivity index (χ0v) is 12.3. The summed E-state index contributed by atoms with van der Waals surface area (Å²) in [5, 5.41) is 11.7. The molecule has 0 radical (unpaired) electrons. The summed E-state index contributed by atoms with van der Waals surface area (Å²) < 4.78 is 0. The Labute approximate surface area is 127 Å². The molecule has 0 aliphatic heterocycles. The van der Waals surface area contributed by atoms with Crippen LogP contribution in [0.25, 0.3) is 0 Å². The SMILES string of the molecule is Cc1ccc(NC(=O)CSc2cccc(C(=O)O)c2)cc1. The van der Waals surface area contributed by atoms with Crippen molar-refractivity contribution in [3.63, 3.8) is 0 Å². The molecule has 0 unspecified atom stereocenters. The molecule has 21 heavy (non-hydrogen) atoms. The minimum absolute atomic E-state index is 0.121. The number of carbonyl (C=O) groups excluding carboxylic acids is 1. The highest BCUT2D eigenvalue weighted by Crippen LogP contribution is 2.19. The molecule has 2 rings (SSSR count).